The van der Waals surface area contributed by atoms with Crippen LogP contribution in [0.25, 0.3) is 0 Å². The average molecular weight is 250 g/mol. The predicted octanol–water partition coefficient (Wildman–Crippen LogP) is 2.71. The van der Waals surface area contributed by atoms with Crippen LogP contribution in [0.1, 0.15) is 38.2 Å². The van der Waals surface area contributed by atoms with E-state index in [2.05, 4.69) is 0 Å². The van der Waals surface area contributed by atoms with Crippen molar-refractivity contribution in [2.45, 2.75) is 45.1 Å². The summed E-state index contributed by atoms with van der Waals surface area (Å²) in [4.78, 5) is 11.2. The number of aliphatic hydroxyl groups excluding tert-OH is 1. The molecule has 1 rings (SSSR count). The highest BCUT2D eigenvalue weighted by atomic mass is 16.5. The molecule has 100 valence electrons. The van der Waals surface area contributed by atoms with Crippen LogP contribution in [0.4, 0.5) is 0 Å². The number of carbonyl (C=O) groups excluding carboxylic acids is 1. The van der Waals surface area contributed by atoms with Gasteiger partial charge in [0.15, 0.2) is 0 Å². The third-order valence-corrected chi connectivity index (χ3v) is 2.76. The van der Waals surface area contributed by atoms with Gasteiger partial charge in [-0.1, -0.05) is 37.3 Å². The molecule has 3 heteroatoms. The van der Waals surface area contributed by atoms with E-state index in [-0.39, 0.29) is 5.97 Å². The van der Waals surface area contributed by atoms with Crippen molar-refractivity contribution >= 4 is 5.97 Å². The first-order chi connectivity index (χ1) is 8.72. The Morgan fingerprint density at radius 3 is 2.67 bits per heavy atom. The molecule has 0 aliphatic carbocycles. The van der Waals surface area contributed by atoms with Gasteiger partial charge in [-0.05, 0) is 31.2 Å². The first kappa shape index (κ1) is 14.7. The van der Waals surface area contributed by atoms with Crippen molar-refractivity contribution in [3.63, 3.8) is 0 Å². The zero-order valence-electron chi connectivity index (χ0n) is 11.0. The third kappa shape index (κ3) is 6.40. The van der Waals surface area contributed by atoms with Crippen molar-refractivity contribution in [2.24, 2.45) is 0 Å². The molecule has 0 amide bonds. The van der Waals surface area contributed by atoms with Crippen molar-refractivity contribution in [1.29, 1.82) is 0 Å². The molecule has 1 unspecified atom stereocenters. The smallest absolute Gasteiger partial charge is 0.305 e. The van der Waals surface area contributed by atoms with E-state index in [1.807, 2.05) is 37.3 Å². The van der Waals surface area contributed by atoms with Gasteiger partial charge in [-0.2, -0.15) is 0 Å². The number of aliphatic hydroxyl groups is 1. The van der Waals surface area contributed by atoms with Gasteiger partial charge in [0.25, 0.3) is 0 Å². The molecular formula is C15H22O3. The van der Waals surface area contributed by atoms with Crippen LogP contribution >= 0.6 is 0 Å². The maximum Gasteiger partial charge on any atom is 0.305 e. The van der Waals surface area contributed by atoms with Gasteiger partial charge >= 0.3 is 5.97 Å². The lowest BCUT2D eigenvalue weighted by atomic mass is 10.0. The summed E-state index contributed by atoms with van der Waals surface area (Å²) < 4.78 is 4.95. The number of ether oxygens (including phenoxy) is 1. The lowest BCUT2D eigenvalue weighted by Gasteiger charge is -2.10. The Kier molecular flexibility index (Phi) is 7.11. The van der Waals surface area contributed by atoms with E-state index in [1.165, 1.54) is 5.56 Å². The fourth-order valence-electron chi connectivity index (χ4n) is 1.69. The molecule has 0 aromatic heterocycles. The number of carbonyl (C=O) groups is 1. The molecule has 0 aliphatic heterocycles. The number of hydrogen-bond donors (Lipinski definition) is 1. The summed E-state index contributed by atoms with van der Waals surface area (Å²) in [6, 6.07) is 10.0. The van der Waals surface area contributed by atoms with E-state index in [0.717, 1.165) is 12.8 Å². The molecule has 0 saturated heterocycles. The fourth-order valence-corrected chi connectivity index (χ4v) is 1.69. The second kappa shape index (κ2) is 8.70. The van der Waals surface area contributed by atoms with E-state index < -0.39 is 6.10 Å². The van der Waals surface area contributed by atoms with Gasteiger partial charge in [-0.15, -0.1) is 0 Å². The van der Waals surface area contributed by atoms with E-state index >= 15 is 0 Å². The molecule has 0 aliphatic rings. The van der Waals surface area contributed by atoms with Crippen LogP contribution in [-0.2, 0) is 16.0 Å². The molecule has 0 spiro atoms. The van der Waals surface area contributed by atoms with Crippen LogP contribution in [0.5, 0.6) is 0 Å². The highest BCUT2D eigenvalue weighted by molar-refractivity contribution is 5.69. The van der Waals surface area contributed by atoms with Gasteiger partial charge in [0.05, 0.1) is 12.7 Å². The van der Waals surface area contributed by atoms with Crippen LogP contribution in [0.3, 0.4) is 0 Å². The monoisotopic (exact) mass is 250 g/mol. The van der Waals surface area contributed by atoms with Crippen LogP contribution in [0, 0.1) is 0 Å². The summed E-state index contributed by atoms with van der Waals surface area (Å²) >= 11 is 0. The highest BCUT2D eigenvalue weighted by Crippen LogP contribution is 2.09. The Bertz CT molecular complexity index is 335. The van der Waals surface area contributed by atoms with E-state index in [1.54, 1.807) is 0 Å². The molecule has 0 bridgehead atoms. The SMILES string of the molecule is CCCOC(=O)CCC(O)CCc1ccccc1. The normalized spacial score (nSPS) is 12.1. The topological polar surface area (TPSA) is 46.5 Å². The largest absolute Gasteiger partial charge is 0.466 e. The first-order valence-electron chi connectivity index (χ1n) is 6.60. The Labute approximate surface area is 109 Å². The molecular weight excluding hydrogens is 228 g/mol. The van der Waals surface area contributed by atoms with Crippen molar-refractivity contribution in [2.75, 3.05) is 6.61 Å². The second-order valence-electron chi connectivity index (χ2n) is 4.44. The molecule has 0 fully saturated rings. The summed E-state index contributed by atoms with van der Waals surface area (Å²) in [5.41, 5.74) is 1.21. The number of rotatable bonds is 8. The minimum absolute atomic E-state index is 0.212. The number of aryl methyl sites for hydroxylation is 1. The van der Waals surface area contributed by atoms with Crippen molar-refractivity contribution in [3.8, 4) is 0 Å². The van der Waals surface area contributed by atoms with Gasteiger partial charge < -0.3 is 9.84 Å². The number of esters is 1. The summed E-state index contributed by atoms with van der Waals surface area (Å²) in [6.07, 6.45) is 2.71. The molecule has 1 aromatic rings. The summed E-state index contributed by atoms with van der Waals surface area (Å²) in [5.74, 6) is -0.212. The Morgan fingerprint density at radius 2 is 2.00 bits per heavy atom. The van der Waals surface area contributed by atoms with Gasteiger partial charge in [0, 0.05) is 6.42 Å². The van der Waals surface area contributed by atoms with E-state index in [9.17, 15) is 9.90 Å². The second-order valence-corrected chi connectivity index (χ2v) is 4.44. The third-order valence-electron chi connectivity index (χ3n) is 2.76. The number of benzene rings is 1. The standard InChI is InChI=1S/C15H22O3/c1-2-12-18-15(17)11-10-14(16)9-8-13-6-4-3-5-7-13/h3-7,14,16H,2,8-12H2,1H3. The molecule has 0 radical (unpaired) electrons. The maximum absolute atomic E-state index is 11.2. The summed E-state index contributed by atoms with van der Waals surface area (Å²) in [6.45, 7) is 2.43. The van der Waals surface area contributed by atoms with Crippen LogP contribution in [0.15, 0.2) is 30.3 Å². The summed E-state index contributed by atoms with van der Waals surface area (Å²) in [7, 11) is 0. The molecule has 1 aromatic carbocycles. The quantitative estimate of drug-likeness (QED) is 0.722. The van der Waals surface area contributed by atoms with Crippen LogP contribution < -0.4 is 0 Å². The molecule has 0 saturated carbocycles. The lowest BCUT2D eigenvalue weighted by Crippen LogP contribution is -2.13. The van der Waals surface area contributed by atoms with Crippen molar-refractivity contribution < 1.29 is 14.6 Å². The zero-order valence-corrected chi connectivity index (χ0v) is 11.0. The van der Waals surface area contributed by atoms with Gasteiger partial charge in [0.1, 0.15) is 0 Å². The van der Waals surface area contributed by atoms with Crippen molar-refractivity contribution in [3.05, 3.63) is 35.9 Å². The fraction of sp³-hybridized carbons (Fsp3) is 0.533. The van der Waals surface area contributed by atoms with Gasteiger partial charge in [-0.25, -0.2) is 0 Å². The molecule has 18 heavy (non-hydrogen) atoms. The molecule has 0 heterocycles. The van der Waals surface area contributed by atoms with Gasteiger partial charge in [0.2, 0.25) is 0 Å². The maximum atomic E-state index is 11.2. The summed E-state index contributed by atoms with van der Waals surface area (Å²) in [5, 5.41) is 9.78. The van der Waals surface area contributed by atoms with Gasteiger partial charge in [-0.3, -0.25) is 4.79 Å². The van der Waals surface area contributed by atoms with E-state index in [4.69, 9.17) is 4.74 Å². The minimum atomic E-state index is -0.431. The highest BCUT2D eigenvalue weighted by Gasteiger charge is 2.09. The Balaban J connectivity index is 2.14. The minimum Gasteiger partial charge on any atom is -0.466 e. The lowest BCUT2D eigenvalue weighted by molar-refractivity contribution is -0.144. The Hall–Kier alpha value is -1.35. The average Bonchev–Trinajstić information content (AvgIpc) is 2.41. The molecule has 1 N–H and O–H groups in total. The molecule has 3 nitrogen and oxygen atoms in total. The number of hydrogen-bond acceptors (Lipinski definition) is 3. The van der Waals surface area contributed by atoms with Crippen LogP contribution in [0.2, 0.25) is 0 Å². The zero-order chi connectivity index (χ0) is 13.2. The van der Waals surface area contributed by atoms with Crippen molar-refractivity contribution in [1.82, 2.24) is 0 Å². The predicted molar refractivity (Wildman–Crippen MR) is 71.3 cm³/mol. The first-order valence-corrected chi connectivity index (χ1v) is 6.60. The Morgan fingerprint density at radius 1 is 1.28 bits per heavy atom. The van der Waals surface area contributed by atoms with Crippen LogP contribution in [-0.4, -0.2) is 23.8 Å². The van der Waals surface area contributed by atoms with E-state index in [0.29, 0.717) is 25.9 Å². The molecule has 1 atom stereocenters.